The maximum Gasteiger partial charge on any atom is 0.0579 e. The molecule has 0 aromatic rings. The van der Waals surface area contributed by atoms with Crippen LogP contribution < -0.4 is 5.73 Å². The van der Waals surface area contributed by atoms with E-state index in [1.807, 2.05) is 0 Å². The molecule has 52 valence electrons. The zero-order valence-electron chi connectivity index (χ0n) is 5.46. The van der Waals surface area contributed by atoms with Crippen LogP contribution in [0.25, 0.3) is 0 Å². The van der Waals surface area contributed by atoms with Gasteiger partial charge in [0, 0.05) is 12.6 Å². The summed E-state index contributed by atoms with van der Waals surface area (Å²) in [5.41, 5.74) is 5.04. The molecule has 0 spiro atoms. The predicted octanol–water partition coefficient (Wildman–Crippen LogP) is -0.676. The minimum atomic E-state index is -0.0602. The van der Waals surface area contributed by atoms with E-state index in [4.69, 9.17) is 15.9 Å². The lowest BCUT2D eigenvalue weighted by Crippen LogP contribution is -2.18. The van der Waals surface area contributed by atoms with E-state index in [2.05, 4.69) is 0 Å². The van der Waals surface area contributed by atoms with Crippen molar-refractivity contribution < 1.29 is 10.2 Å². The normalized spacial score (nSPS) is 11.6. The summed E-state index contributed by atoms with van der Waals surface area (Å²) in [4.78, 5) is 0. The first-order valence-corrected chi connectivity index (χ1v) is 2.66. The van der Waals surface area contributed by atoms with E-state index in [1.54, 1.807) is 13.8 Å². The molecule has 4 N–H and O–H groups in total. The van der Waals surface area contributed by atoms with Gasteiger partial charge in [0.05, 0.1) is 6.61 Å². The van der Waals surface area contributed by atoms with Gasteiger partial charge < -0.3 is 15.9 Å². The summed E-state index contributed by atoms with van der Waals surface area (Å²) in [7, 11) is 0. The third-order valence-electron chi connectivity index (χ3n) is 0.288. The van der Waals surface area contributed by atoms with Crippen molar-refractivity contribution in [2.24, 2.45) is 5.73 Å². The first kappa shape index (κ1) is 10.8. The van der Waals surface area contributed by atoms with E-state index in [0.29, 0.717) is 0 Å². The largest absolute Gasteiger partial charge is 0.397 e. The molecule has 0 radical (unpaired) electrons. The molecule has 0 fully saturated rings. The van der Waals surface area contributed by atoms with Crippen LogP contribution in [0, 0.1) is 0 Å². The van der Waals surface area contributed by atoms with Crippen LogP contribution in [0.15, 0.2) is 0 Å². The maximum absolute atomic E-state index is 8.02. The van der Waals surface area contributed by atoms with Gasteiger partial charge in [0.15, 0.2) is 0 Å². The van der Waals surface area contributed by atoms with Gasteiger partial charge in [-0.05, 0) is 13.8 Å². The Kier molecular flexibility index (Phi) is 13.5. The summed E-state index contributed by atoms with van der Waals surface area (Å²) in [6.45, 7) is 3.76. The van der Waals surface area contributed by atoms with Crippen LogP contribution in [0.4, 0.5) is 0 Å². The highest BCUT2D eigenvalue weighted by molar-refractivity contribution is 4.43. The lowest BCUT2D eigenvalue weighted by Gasteiger charge is -1.91. The van der Waals surface area contributed by atoms with Crippen molar-refractivity contribution in [1.29, 1.82) is 0 Å². The highest BCUT2D eigenvalue weighted by Crippen LogP contribution is 1.62. The molecule has 0 saturated heterocycles. The van der Waals surface area contributed by atoms with Gasteiger partial charge in [0.1, 0.15) is 0 Å². The second-order valence-corrected chi connectivity index (χ2v) is 1.48. The van der Waals surface area contributed by atoms with Crippen LogP contribution in [0.5, 0.6) is 0 Å². The zero-order valence-corrected chi connectivity index (χ0v) is 5.46. The Morgan fingerprint density at radius 3 is 1.62 bits per heavy atom. The first-order valence-electron chi connectivity index (χ1n) is 2.66. The van der Waals surface area contributed by atoms with E-state index in [1.165, 1.54) is 0 Å². The molecule has 0 bridgehead atoms. The molecule has 0 aliphatic heterocycles. The molecule has 0 heterocycles. The second-order valence-electron chi connectivity index (χ2n) is 1.48. The highest BCUT2D eigenvalue weighted by Gasteiger charge is 1.81. The highest BCUT2D eigenvalue weighted by atomic mass is 16.3. The Bertz CT molecular complexity index is 31.6. The number of aliphatic hydroxyl groups excluding tert-OH is 2. The molecule has 0 aromatic heterocycles. The first-order chi connectivity index (χ1) is 3.68. The summed E-state index contributed by atoms with van der Waals surface area (Å²) >= 11 is 0. The Balaban J connectivity index is 0. The monoisotopic (exact) mass is 121 g/mol. The summed E-state index contributed by atoms with van der Waals surface area (Å²) in [6, 6.07) is -0.0602. The molecule has 0 saturated carbocycles. The van der Waals surface area contributed by atoms with Crippen molar-refractivity contribution in [3.05, 3.63) is 0 Å². The molecular weight excluding hydrogens is 106 g/mol. The average molecular weight is 121 g/mol. The summed E-state index contributed by atoms with van der Waals surface area (Å²) < 4.78 is 0. The molecule has 3 nitrogen and oxygen atoms in total. The van der Waals surface area contributed by atoms with Crippen LogP contribution in [0.2, 0.25) is 0 Å². The van der Waals surface area contributed by atoms with Crippen LogP contribution in [-0.4, -0.2) is 29.5 Å². The third kappa shape index (κ3) is 39.6. The minimum Gasteiger partial charge on any atom is -0.397 e. The van der Waals surface area contributed by atoms with Crippen molar-refractivity contribution in [2.75, 3.05) is 13.2 Å². The third-order valence-corrected chi connectivity index (χ3v) is 0.288. The van der Waals surface area contributed by atoms with Gasteiger partial charge >= 0.3 is 0 Å². The van der Waals surface area contributed by atoms with Crippen LogP contribution in [0.1, 0.15) is 13.8 Å². The van der Waals surface area contributed by atoms with E-state index in [-0.39, 0.29) is 19.3 Å². The fourth-order valence-corrected chi connectivity index (χ4v) is 0. The van der Waals surface area contributed by atoms with Gasteiger partial charge in [0.25, 0.3) is 0 Å². The lowest BCUT2D eigenvalue weighted by atomic mass is 10.4. The number of nitrogens with two attached hydrogens (primary N) is 1. The number of aliphatic hydroxyl groups is 2. The van der Waals surface area contributed by atoms with E-state index >= 15 is 0 Å². The van der Waals surface area contributed by atoms with Crippen LogP contribution in [-0.2, 0) is 0 Å². The predicted molar refractivity (Wildman–Crippen MR) is 33.5 cm³/mol. The van der Waals surface area contributed by atoms with Crippen LogP contribution in [0.3, 0.4) is 0 Å². The average Bonchev–Trinajstić information content (AvgIpc) is 1.69. The van der Waals surface area contributed by atoms with Crippen molar-refractivity contribution >= 4 is 0 Å². The topological polar surface area (TPSA) is 66.5 Å². The molecule has 8 heavy (non-hydrogen) atoms. The molecule has 1 atom stereocenters. The number of rotatable bonds is 1. The molecular formula is C5H15NO2. The lowest BCUT2D eigenvalue weighted by molar-refractivity contribution is 0.273. The van der Waals surface area contributed by atoms with E-state index < -0.39 is 0 Å². The summed E-state index contributed by atoms with van der Waals surface area (Å²) in [6.07, 6.45) is 0. The van der Waals surface area contributed by atoms with Crippen molar-refractivity contribution in [3.63, 3.8) is 0 Å². The molecule has 3 heteroatoms. The molecule has 0 aromatic carbocycles. The van der Waals surface area contributed by atoms with Gasteiger partial charge in [0.2, 0.25) is 0 Å². The van der Waals surface area contributed by atoms with Gasteiger partial charge in [-0.15, -0.1) is 0 Å². The van der Waals surface area contributed by atoms with E-state index in [0.717, 1.165) is 0 Å². The molecule has 0 rings (SSSR count). The van der Waals surface area contributed by atoms with Gasteiger partial charge in [-0.1, -0.05) is 0 Å². The zero-order chi connectivity index (χ0) is 6.99. The van der Waals surface area contributed by atoms with Gasteiger partial charge in [-0.25, -0.2) is 0 Å². The van der Waals surface area contributed by atoms with Gasteiger partial charge in [-0.2, -0.15) is 0 Å². The summed E-state index contributed by atoms with van der Waals surface area (Å²) in [5, 5.41) is 15.6. The van der Waals surface area contributed by atoms with Crippen molar-refractivity contribution in [3.8, 4) is 0 Å². The molecule has 1 unspecified atom stereocenters. The summed E-state index contributed by atoms with van der Waals surface area (Å²) in [5.74, 6) is 0. The minimum absolute atomic E-state index is 0.0602. The molecule has 0 aliphatic rings. The van der Waals surface area contributed by atoms with E-state index in [9.17, 15) is 0 Å². The van der Waals surface area contributed by atoms with Crippen molar-refractivity contribution in [2.45, 2.75) is 19.9 Å². The Morgan fingerprint density at radius 2 is 1.62 bits per heavy atom. The van der Waals surface area contributed by atoms with Gasteiger partial charge in [-0.3, -0.25) is 0 Å². The quantitative estimate of drug-likeness (QED) is 0.431. The Hall–Kier alpha value is -0.120. The fraction of sp³-hybridized carbons (Fsp3) is 1.00. The Labute approximate surface area is 50.1 Å². The van der Waals surface area contributed by atoms with Crippen molar-refractivity contribution in [1.82, 2.24) is 0 Å². The number of hydrogen-bond acceptors (Lipinski definition) is 3. The maximum atomic E-state index is 8.02. The molecule has 0 aliphatic carbocycles. The fourth-order valence-electron chi connectivity index (χ4n) is 0. The molecule has 0 amide bonds. The Morgan fingerprint density at radius 1 is 1.50 bits per heavy atom. The standard InChI is InChI=1S/C3H9NO.C2H6O/c1-3(4)2-5;1-2-3/h3,5H,2,4H2,1H3;3H,2H2,1H3. The van der Waals surface area contributed by atoms with Crippen LogP contribution >= 0.6 is 0 Å². The second kappa shape index (κ2) is 9.99. The SMILES string of the molecule is CC(N)CO.CCO. The number of hydrogen-bond donors (Lipinski definition) is 3. The smallest absolute Gasteiger partial charge is 0.0579 e.